The van der Waals surface area contributed by atoms with Gasteiger partial charge in [-0.2, -0.15) is 0 Å². The van der Waals surface area contributed by atoms with E-state index in [0.29, 0.717) is 16.3 Å². The van der Waals surface area contributed by atoms with Gasteiger partial charge in [-0.05, 0) is 26.0 Å². The Morgan fingerprint density at radius 1 is 1.53 bits per heavy atom. The molecular formula is C13H18ClN3O2. The van der Waals surface area contributed by atoms with E-state index >= 15 is 0 Å². The van der Waals surface area contributed by atoms with Crippen molar-refractivity contribution >= 4 is 28.9 Å². The van der Waals surface area contributed by atoms with Crippen LogP contribution in [0.25, 0.3) is 0 Å². The summed E-state index contributed by atoms with van der Waals surface area (Å²) in [5.41, 5.74) is 7.44. The highest BCUT2D eigenvalue weighted by atomic mass is 35.5. The number of nitrogens with two attached hydrogens (primary N) is 1. The molecule has 0 spiro atoms. The number of hydrogen-bond acceptors (Lipinski definition) is 4. The number of benzene rings is 1. The Bertz CT molecular complexity index is 531. The zero-order valence-corrected chi connectivity index (χ0v) is 12.0. The summed E-state index contributed by atoms with van der Waals surface area (Å²) in [7, 11) is 1.85. The summed E-state index contributed by atoms with van der Waals surface area (Å²) in [6, 6.07) is 2.83. The van der Waals surface area contributed by atoms with Gasteiger partial charge >= 0.3 is 0 Å². The van der Waals surface area contributed by atoms with Gasteiger partial charge in [-0.3, -0.25) is 4.79 Å². The van der Waals surface area contributed by atoms with E-state index in [4.69, 9.17) is 17.3 Å². The number of likely N-dealkylation sites (N-methyl/N-ethyl adjacent to an activating group) is 1. The van der Waals surface area contributed by atoms with Crippen LogP contribution in [0, 0.1) is 0 Å². The fourth-order valence-electron chi connectivity index (χ4n) is 1.98. The summed E-state index contributed by atoms with van der Waals surface area (Å²) in [4.78, 5) is 13.4. The Morgan fingerprint density at radius 3 is 2.74 bits per heavy atom. The Hall–Kier alpha value is -1.30. The lowest BCUT2D eigenvalue weighted by Gasteiger charge is -2.36. The third-order valence-corrected chi connectivity index (χ3v) is 3.95. The summed E-state index contributed by atoms with van der Waals surface area (Å²) in [6.45, 7) is 3.80. The number of rotatable bonds is 3. The Balaban J connectivity index is 2.46. The standard InChI is InChI=1S/C13H18ClN3O2/c1-13(2,6-18)17(3)10-5-9-7(4-8(10)14)11(15)12(19)16-9/h4-5,11,18H,6,15H2,1-3H3,(H,16,19). The predicted molar refractivity (Wildman–Crippen MR) is 76.6 cm³/mol. The molecule has 1 aliphatic rings. The number of aliphatic hydroxyl groups excluding tert-OH is 1. The molecule has 1 heterocycles. The van der Waals surface area contributed by atoms with Crippen molar-refractivity contribution in [3.05, 3.63) is 22.7 Å². The van der Waals surface area contributed by atoms with Crippen molar-refractivity contribution in [3.8, 4) is 0 Å². The van der Waals surface area contributed by atoms with Crippen LogP contribution in [0.3, 0.4) is 0 Å². The lowest BCUT2D eigenvalue weighted by molar-refractivity contribution is -0.116. The molecule has 0 fully saturated rings. The number of nitrogens with zero attached hydrogens (tertiary/aromatic N) is 1. The number of fused-ring (bicyclic) bond motifs is 1. The fourth-order valence-corrected chi connectivity index (χ4v) is 2.28. The van der Waals surface area contributed by atoms with E-state index in [1.54, 1.807) is 12.1 Å². The molecule has 1 amide bonds. The zero-order chi connectivity index (χ0) is 14.4. The van der Waals surface area contributed by atoms with Crippen LogP contribution in [-0.2, 0) is 4.79 Å². The van der Waals surface area contributed by atoms with Crippen molar-refractivity contribution < 1.29 is 9.90 Å². The second-order valence-electron chi connectivity index (χ2n) is 5.39. The van der Waals surface area contributed by atoms with Crippen LogP contribution in [-0.4, -0.2) is 30.2 Å². The molecule has 0 saturated heterocycles. The molecular weight excluding hydrogens is 266 g/mol. The van der Waals surface area contributed by atoms with E-state index < -0.39 is 11.6 Å². The number of halogens is 1. The molecule has 19 heavy (non-hydrogen) atoms. The van der Waals surface area contributed by atoms with E-state index in [9.17, 15) is 9.90 Å². The smallest absolute Gasteiger partial charge is 0.245 e. The molecule has 1 aliphatic heterocycles. The molecule has 0 radical (unpaired) electrons. The average Bonchev–Trinajstić information content (AvgIpc) is 2.64. The molecule has 2 rings (SSSR count). The second kappa shape index (κ2) is 4.67. The van der Waals surface area contributed by atoms with E-state index in [0.717, 1.165) is 5.69 Å². The van der Waals surface area contributed by atoms with Gasteiger partial charge in [0.2, 0.25) is 5.91 Å². The SMILES string of the molecule is CN(c1cc2c(cc1Cl)C(N)C(=O)N2)C(C)(C)CO. The average molecular weight is 284 g/mol. The molecule has 0 bridgehead atoms. The van der Waals surface area contributed by atoms with Gasteiger partial charge in [-0.1, -0.05) is 11.6 Å². The Kier molecular flexibility index (Phi) is 3.47. The van der Waals surface area contributed by atoms with Crippen LogP contribution in [0.4, 0.5) is 11.4 Å². The normalized spacial score (nSPS) is 18.2. The minimum Gasteiger partial charge on any atom is -0.394 e. The molecule has 4 N–H and O–H groups in total. The van der Waals surface area contributed by atoms with E-state index in [-0.39, 0.29) is 12.5 Å². The highest BCUT2D eigenvalue weighted by Crippen LogP contribution is 2.39. The monoisotopic (exact) mass is 283 g/mol. The number of carbonyl (C=O) groups excluding carboxylic acids is 1. The summed E-state index contributed by atoms with van der Waals surface area (Å²) >= 11 is 6.26. The van der Waals surface area contributed by atoms with Crippen LogP contribution in [0.2, 0.25) is 5.02 Å². The molecule has 6 heteroatoms. The first kappa shape index (κ1) is 14.1. The summed E-state index contributed by atoms with van der Waals surface area (Å²) in [6.07, 6.45) is 0. The van der Waals surface area contributed by atoms with Crippen molar-refractivity contribution in [1.29, 1.82) is 0 Å². The van der Waals surface area contributed by atoms with Crippen LogP contribution in [0.5, 0.6) is 0 Å². The van der Waals surface area contributed by atoms with Gasteiger partial charge in [0.15, 0.2) is 0 Å². The van der Waals surface area contributed by atoms with Crippen LogP contribution in [0.15, 0.2) is 12.1 Å². The van der Waals surface area contributed by atoms with Crippen molar-refractivity contribution in [3.63, 3.8) is 0 Å². The predicted octanol–water partition coefficient (Wildman–Crippen LogP) is 1.50. The van der Waals surface area contributed by atoms with Gasteiger partial charge in [0.25, 0.3) is 0 Å². The molecule has 1 aromatic carbocycles. The van der Waals surface area contributed by atoms with Gasteiger partial charge in [0, 0.05) is 18.3 Å². The Labute approximate surface area is 117 Å². The van der Waals surface area contributed by atoms with Crippen LogP contribution < -0.4 is 16.0 Å². The third-order valence-electron chi connectivity index (χ3n) is 3.65. The molecule has 1 aromatic rings. The van der Waals surface area contributed by atoms with Gasteiger partial charge in [0.05, 0.1) is 22.9 Å². The summed E-state index contributed by atoms with van der Waals surface area (Å²) in [5.74, 6) is -0.229. The van der Waals surface area contributed by atoms with Gasteiger partial charge < -0.3 is 21.1 Å². The number of amides is 1. The lowest BCUT2D eigenvalue weighted by atomic mass is 10.0. The number of aliphatic hydroxyl groups is 1. The maximum Gasteiger partial charge on any atom is 0.245 e. The minimum absolute atomic E-state index is 0.0111. The number of nitrogens with one attached hydrogen (secondary N) is 1. The molecule has 0 aliphatic carbocycles. The summed E-state index contributed by atoms with van der Waals surface area (Å²) < 4.78 is 0. The Morgan fingerprint density at radius 2 is 2.16 bits per heavy atom. The number of carbonyl (C=O) groups is 1. The molecule has 0 saturated carbocycles. The quantitative estimate of drug-likeness (QED) is 0.785. The van der Waals surface area contributed by atoms with E-state index in [1.165, 1.54) is 0 Å². The first-order valence-electron chi connectivity index (χ1n) is 6.02. The van der Waals surface area contributed by atoms with Crippen molar-refractivity contribution in [2.24, 2.45) is 5.73 Å². The van der Waals surface area contributed by atoms with Crippen molar-refractivity contribution in [2.75, 3.05) is 23.9 Å². The highest BCUT2D eigenvalue weighted by Gasteiger charge is 2.31. The highest BCUT2D eigenvalue weighted by molar-refractivity contribution is 6.33. The van der Waals surface area contributed by atoms with E-state index in [1.807, 2.05) is 25.8 Å². The molecule has 104 valence electrons. The van der Waals surface area contributed by atoms with Crippen LogP contribution >= 0.6 is 11.6 Å². The third kappa shape index (κ3) is 2.29. The molecule has 0 aromatic heterocycles. The first-order valence-corrected chi connectivity index (χ1v) is 6.40. The van der Waals surface area contributed by atoms with Gasteiger partial charge in [-0.25, -0.2) is 0 Å². The maximum absolute atomic E-state index is 11.5. The van der Waals surface area contributed by atoms with Gasteiger partial charge in [0.1, 0.15) is 6.04 Å². The molecule has 1 atom stereocenters. The second-order valence-corrected chi connectivity index (χ2v) is 5.79. The fraction of sp³-hybridized carbons (Fsp3) is 0.462. The largest absolute Gasteiger partial charge is 0.394 e. The summed E-state index contributed by atoms with van der Waals surface area (Å²) in [5, 5.41) is 12.7. The zero-order valence-electron chi connectivity index (χ0n) is 11.2. The molecule has 1 unspecified atom stereocenters. The van der Waals surface area contributed by atoms with Gasteiger partial charge in [-0.15, -0.1) is 0 Å². The van der Waals surface area contributed by atoms with Crippen molar-refractivity contribution in [1.82, 2.24) is 0 Å². The first-order chi connectivity index (χ1) is 8.77. The minimum atomic E-state index is -0.669. The molecule has 5 nitrogen and oxygen atoms in total. The van der Waals surface area contributed by atoms with Crippen LogP contribution in [0.1, 0.15) is 25.5 Å². The van der Waals surface area contributed by atoms with Crippen molar-refractivity contribution in [2.45, 2.75) is 25.4 Å². The number of anilines is 2. The maximum atomic E-state index is 11.5. The topological polar surface area (TPSA) is 78.6 Å². The van der Waals surface area contributed by atoms with E-state index in [2.05, 4.69) is 5.32 Å². The number of hydrogen-bond donors (Lipinski definition) is 3. The lowest BCUT2D eigenvalue weighted by Crippen LogP contribution is -2.44.